The highest BCUT2D eigenvalue weighted by atomic mass is 35.5. The highest BCUT2D eigenvalue weighted by Gasteiger charge is 2.12. The summed E-state index contributed by atoms with van der Waals surface area (Å²) >= 11 is 5.79. The van der Waals surface area contributed by atoms with Gasteiger partial charge < -0.3 is 10.1 Å². The van der Waals surface area contributed by atoms with E-state index in [1.165, 1.54) is 25.6 Å². The van der Waals surface area contributed by atoms with E-state index in [9.17, 15) is 9.18 Å². The molecule has 1 amide bonds. The quantitative estimate of drug-likeness (QED) is 0.939. The summed E-state index contributed by atoms with van der Waals surface area (Å²) in [5.74, 6) is -0.427. The number of anilines is 1. The summed E-state index contributed by atoms with van der Waals surface area (Å²) in [5.41, 5.74) is 0.153. The maximum absolute atomic E-state index is 12.9. The van der Waals surface area contributed by atoms with E-state index in [0.29, 0.717) is 5.88 Å². The lowest BCUT2D eigenvalue weighted by atomic mass is 10.2. The predicted molar refractivity (Wildman–Crippen MR) is 67.9 cm³/mol. The van der Waals surface area contributed by atoms with Gasteiger partial charge in [0.05, 0.1) is 17.7 Å². The van der Waals surface area contributed by atoms with Crippen molar-refractivity contribution in [2.45, 2.75) is 0 Å². The van der Waals surface area contributed by atoms with Gasteiger partial charge >= 0.3 is 0 Å². The van der Waals surface area contributed by atoms with Gasteiger partial charge in [-0.1, -0.05) is 11.6 Å². The fourth-order valence-electron chi connectivity index (χ4n) is 1.38. The van der Waals surface area contributed by atoms with Gasteiger partial charge in [0.2, 0.25) is 5.88 Å². The Hall–Kier alpha value is -2.21. The third-order valence-corrected chi connectivity index (χ3v) is 2.58. The van der Waals surface area contributed by atoms with Gasteiger partial charge in [-0.05, 0) is 18.2 Å². The number of nitrogens with one attached hydrogen (secondary N) is 1. The van der Waals surface area contributed by atoms with Crippen LogP contribution in [0.25, 0.3) is 0 Å². The van der Waals surface area contributed by atoms with Gasteiger partial charge in [0.1, 0.15) is 18.0 Å². The SMILES string of the molecule is COc1cc(NC(=O)c2ccc(F)cc2Cl)ncn1. The fraction of sp³-hybridized carbons (Fsp3) is 0.0833. The average molecular weight is 282 g/mol. The maximum atomic E-state index is 12.9. The topological polar surface area (TPSA) is 64.1 Å². The molecule has 1 heterocycles. The Morgan fingerprint density at radius 1 is 1.37 bits per heavy atom. The lowest BCUT2D eigenvalue weighted by Crippen LogP contribution is -2.13. The van der Waals surface area contributed by atoms with Gasteiger partial charge in [0.25, 0.3) is 5.91 Å². The second-order valence-corrected chi connectivity index (χ2v) is 3.93. The minimum Gasteiger partial charge on any atom is -0.481 e. The van der Waals surface area contributed by atoms with Crippen LogP contribution in [-0.2, 0) is 0 Å². The molecule has 2 rings (SSSR count). The first-order valence-electron chi connectivity index (χ1n) is 5.22. The Bertz CT molecular complexity index is 622. The second-order valence-electron chi connectivity index (χ2n) is 3.52. The van der Waals surface area contributed by atoms with Crippen molar-refractivity contribution in [3.8, 4) is 5.88 Å². The zero-order valence-electron chi connectivity index (χ0n) is 9.85. The summed E-state index contributed by atoms with van der Waals surface area (Å²) in [6.45, 7) is 0. The van der Waals surface area contributed by atoms with Crippen molar-refractivity contribution < 1.29 is 13.9 Å². The summed E-state index contributed by atoms with van der Waals surface area (Å²) in [7, 11) is 1.45. The summed E-state index contributed by atoms with van der Waals surface area (Å²) < 4.78 is 17.8. The highest BCUT2D eigenvalue weighted by molar-refractivity contribution is 6.34. The number of benzene rings is 1. The highest BCUT2D eigenvalue weighted by Crippen LogP contribution is 2.19. The molecule has 0 aliphatic heterocycles. The van der Waals surface area contributed by atoms with Crippen LogP contribution in [-0.4, -0.2) is 23.0 Å². The molecule has 0 aliphatic carbocycles. The van der Waals surface area contributed by atoms with Crippen LogP contribution in [0.5, 0.6) is 5.88 Å². The summed E-state index contributed by atoms with van der Waals surface area (Å²) in [4.78, 5) is 19.6. The fourth-order valence-corrected chi connectivity index (χ4v) is 1.63. The molecule has 2 aromatic rings. The number of carbonyl (C=O) groups is 1. The molecule has 1 aromatic heterocycles. The molecule has 7 heteroatoms. The molecule has 0 unspecified atom stereocenters. The molecule has 0 fully saturated rings. The van der Waals surface area contributed by atoms with Crippen molar-refractivity contribution in [1.82, 2.24) is 9.97 Å². The molecule has 1 aromatic carbocycles. The van der Waals surface area contributed by atoms with Crippen molar-refractivity contribution >= 4 is 23.3 Å². The van der Waals surface area contributed by atoms with E-state index in [0.717, 1.165) is 12.1 Å². The lowest BCUT2D eigenvalue weighted by molar-refractivity contribution is 0.102. The first-order chi connectivity index (χ1) is 9.10. The Balaban J connectivity index is 2.20. The predicted octanol–water partition coefficient (Wildman–Crippen LogP) is 2.53. The molecule has 0 saturated carbocycles. The van der Waals surface area contributed by atoms with Gasteiger partial charge in [0, 0.05) is 6.07 Å². The van der Waals surface area contributed by atoms with Crippen LogP contribution < -0.4 is 10.1 Å². The van der Waals surface area contributed by atoms with Crippen molar-refractivity contribution in [1.29, 1.82) is 0 Å². The maximum Gasteiger partial charge on any atom is 0.258 e. The van der Waals surface area contributed by atoms with Crippen LogP contribution in [0, 0.1) is 5.82 Å². The number of halogens is 2. The van der Waals surface area contributed by atoms with Gasteiger partial charge in [-0.15, -0.1) is 0 Å². The third kappa shape index (κ3) is 3.17. The third-order valence-electron chi connectivity index (χ3n) is 2.27. The Kier molecular flexibility index (Phi) is 3.91. The summed E-state index contributed by atoms with van der Waals surface area (Å²) in [6, 6.07) is 4.97. The van der Waals surface area contributed by atoms with Crippen molar-refractivity contribution in [2.24, 2.45) is 0 Å². The van der Waals surface area contributed by atoms with Gasteiger partial charge in [-0.3, -0.25) is 4.79 Å². The monoisotopic (exact) mass is 281 g/mol. The molecule has 5 nitrogen and oxygen atoms in total. The van der Waals surface area contributed by atoms with Gasteiger partial charge in [0.15, 0.2) is 0 Å². The van der Waals surface area contributed by atoms with E-state index in [1.54, 1.807) is 0 Å². The minimum absolute atomic E-state index is 0.0264. The van der Waals surface area contributed by atoms with E-state index >= 15 is 0 Å². The molecule has 0 saturated heterocycles. The second kappa shape index (κ2) is 5.62. The number of amides is 1. The van der Waals surface area contributed by atoms with Crippen LogP contribution in [0.15, 0.2) is 30.6 Å². The standard InChI is InChI=1S/C12H9ClFN3O2/c1-19-11-5-10(15-6-16-11)17-12(18)8-3-2-7(14)4-9(8)13/h2-6H,1H3,(H,15,16,17,18). The number of methoxy groups -OCH3 is 1. The molecule has 19 heavy (non-hydrogen) atoms. The van der Waals surface area contributed by atoms with Crippen LogP contribution >= 0.6 is 11.6 Å². The van der Waals surface area contributed by atoms with Crippen molar-refractivity contribution in [2.75, 3.05) is 12.4 Å². The number of hydrogen-bond acceptors (Lipinski definition) is 4. The molecular formula is C12H9ClFN3O2. The first-order valence-corrected chi connectivity index (χ1v) is 5.60. The molecule has 1 N–H and O–H groups in total. The normalized spacial score (nSPS) is 10.1. The molecule has 98 valence electrons. The number of nitrogens with zero attached hydrogens (tertiary/aromatic N) is 2. The number of rotatable bonds is 3. The Morgan fingerprint density at radius 3 is 2.84 bits per heavy atom. The first kappa shape index (κ1) is 13.2. The van der Waals surface area contributed by atoms with Gasteiger partial charge in [-0.25, -0.2) is 14.4 Å². The van der Waals surface area contributed by atoms with Crippen LogP contribution in [0.2, 0.25) is 5.02 Å². The van der Waals surface area contributed by atoms with E-state index in [4.69, 9.17) is 16.3 Å². The van der Waals surface area contributed by atoms with Crippen molar-refractivity contribution in [3.63, 3.8) is 0 Å². The van der Waals surface area contributed by atoms with E-state index in [2.05, 4.69) is 15.3 Å². The molecule has 0 atom stereocenters. The Morgan fingerprint density at radius 2 is 2.16 bits per heavy atom. The molecule has 0 bridgehead atoms. The Labute approximate surface area is 113 Å². The number of ether oxygens (including phenoxy) is 1. The van der Waals surface area contributed by atoms with Crippen LogP contribution in [0.4, 0.5) is 10.2 Å². The smallest absolute Gasteiger partial charge is 0.258 e. The lowest BCUT2D eigenvalue weighted by Gasteiger charge is -2.06. The van der Waals surface area contributed by atoms with E-state index in [-0.39, 0.29) is 16.4 Å². The van der Waals surface area contributed by atoms with E-state index in [1.807, 2.05) is 0 Å². The molecule has 0 spiro atoms. The number of aromatic nitrogens is 2. The van der Waals surface area contributed by atoms with E-state index < -0.39 is 11.7 Å². The molecule has 0 radical (unpaired) electrons. The molecule has 0 aliphatic rings. The zero-order valence-corrected chi connectivity index (χ0v) is 10.6. The average Bonchev–Trinajstić information content (AvgIpc) is 2.38. The van der Waals surface area contributed by atoms with Crippen LogP contribution in [0.1, 0.15) is 10.4 Å². The number of hydrogen-bond donors (Lipinski definition) is 1. The van der Waals surface area contributed by atoms with Crippen LogP contribution in [0.3, 0.4) is 0 Å². The number of carbonyl (C=O) groups excluding carboxylic acids is 1. The molecular weight excluding hydrogens is 273 g/mol. The summed E-state index contributed by atoms with van der Waals surface area (Å²) in [6.07, 6.45) is 1.25. The minimum atomic E-state index is -0.509. The zero-order chi connectivity index (χ0) is 13.8. The van der Waals surface area contributed by atoms with Crippen molar-refractivity contribution in [3.05, 3.63) is 47.0 Å². The largest absolute Gasteiger partial charge is 0.481 e. The van der Waals surface area contributed by atoms with Gasteiger partial charge in [-0.2, -0.15) is 0 Å². The summed E-state index contributed by atoms with van der Waals surface area (Å²) in [5, 5.41) is 2.54.